The van der Waals surface area contributed by atoms with E-state index in [1.165, 1.54) is 25.9 Å². The minimum atomic E-state index is 0.329. The average Bonchev–Trinajstić information content (AvgIpc) is 3.14. The summed E-state index contributed by atoms with van der Waals surface area (Å²) in [6.07, 6.45) is 4.11. The van der Waals surface area contributed by atoms with Crippen LogP contribution in [0.1, 0.15) is 31.0 Å². The van der Waals surface area contributed by atoms with Gasteiger partial charge in [0.15, 0.2) is 5.82 Å². The van der Waals surface area contributed by atoms with Gasteiger partial charge in [-0.1, -0.05) is 5.16 Å². The Hall–Kier alpha value is -0.980. The van der Waals surface area contributed by atoms with E-state index in [-0.39, 0.29) is 0 Å². The molecule has 2 atom stereocenters. The van der Waals surface area contributed by atoms with E-state index in [0.29, 0.717) is 18.0 Å². The third-order valence-corrected chi connectivity index (χ3v) is 4.40. The van der Waals surface area contributed by atoms with Gasteiger partial charge in [-0.05, 0) is 32.4 Å². The zero-order chi connectivity index (χ0) is 13.9. The molecule has 0 N–H and O–H groups in total. The molecule has 0 saturated carbocycles. The topological polar surface area (TPSA) is 54.6 Å². The van der Waals surface area contributed by atoms with Crippen LogP contribution in [0.15, 0.2) is 4.52 Å². The number of aromatic nitrogens is 2. The van der Waals surface area contributed by atoms with Gasteiger partial charge in [0.2, 0.25) is 5.89 Å². The summed E-state index contributed by atoms with van der Waals surface area (Å²) in [6, 6.07) is 0.539. The van der Waals surface area contributed by atoms with Crippen LogP contribution in [0.3, 0.4) is 0 Å². The molecule has 0 unspecified atom stereocenters. The number of nitrogens with zero attached hydrogens (tertiary/aromatic N) is 4. The second-order valence-electron chi connectivity index (χ2n) is 5.91. The molecule has 3 rings (SSSR count). The van der Waals surface area contributed by atoms with Gasteiger partial charge in [-0.3, -0.25) is 4.90 Å². The highest BCUT2D eigenvalue weighted by molar-refractivity contribution is 4.93. The van der Waals surface area contributed by atoms with Gasteiger partial charge in [0.25, 0.3) is 0 Å². The van der Waals surface area contributed by atoms with Gasteiger partial charge in [0.1, 0.15) is 0 Å². The first-order valence-electron chi connectivity index (χ1n) is 7.53. The molecule has 6 heteroatoms. The number of rotatable bonds is 5. The molecular weight excluding hydrogens is 256 g/mol. The van der Waals surface area contributed by atoms with Crippen LogP contribution in [0, 0.1) is 6.92 Å². The first kappa shape index (κ1) is 14.0. The summed E-state index contributed by atoms with van der Waals surface area (Å²) in [5.74, 6) is 1.42. The van der Waals surface area contributed by atoms with Crippen LogP contribution in [0.25, 0.3) is 0 Å². The molecule has 2 saturated heterocycles. The van der Waals surface area contributed by atoms with Crippen molar-refractivity contribution < 1.29 is 9.26 Å². The minimum Gasteiger partial charge on any atom is -0.380 e. The number of aryl methyl sites for hydroxylation is 1. The Morgan fingerprint density at radius 1 is 1.35 bits per heavy atom. The van der Waals surface area contributed by atoms with E-state index in [1.54, 1.807) is 7.11 Å². The maximum atomic E-state index is 5.55. The average molecular weight is 280 g/mol. The lowest BCUT2D eigenvalue weighted by Crippen LogP contribution is -2.39. The zero-order valence-corrected chi connectivity index (χ0v) is 12.4. The van der Waals surface area contributed by atoms with E-state index >= 15 is 0 Å². The number of ether oxygens (including phenoxy) is 1. The summed E-state index contributed by atoms with van der Waals surface area (Å²) < 4.78 is 10.6. The monoisotopic (exact) mass is 280 g/mol. The molecule has 0 aromatic carbocycles. The molecule has 6 nitrogen and oxygen atoms in total. The van der Waals surface area contributed by atoms with Crippen LogP contribution >= 0.6 is 0 Å². The molecule has 1 aromatic rings. The molecule has 0 radical (unpaired) electrons. The highest BCUT2D eigenvalue weighted by Crippen LogP contribution is 2.23. The molecule has 2 aliphatic heterocycles. The first-order chi connectivity index (χ1) is 9.74. The van der Waals surface area contributed by atoms with Crippen LogP contribution in [0.4, 0.5) is 0 Å². The van der Waals surface area contributed by atoms with Crippen LogP contribution in [-0.2, 0) is 11.3 Å². The van der Waals surface area contributed by atoms with Crippen LogP contribution < -0.4 is 0 Å². The molecule has 3 heterocycles. The second kappa shape index (κ2) is 6.20. The standard InChI is InChI=1S/C14H24N4O2/c1-11-15-14(16-20-11)10-18-9-13(19-2)7-12(18)8-17-5-3-4-6-17/h12-13H,3-10H2,1-2H3/t12-,13-/m0/s1. The number of likely N-dealkylation sites (tertiary alicyclic amines) is 2. The Morgan fingerprint density at radius 2 is 2.15 bits per heavy atom. The summed E-state index contributed by atoms with van der Waals surface area (Å²) in [7, 11) is 1.81. The van der Waals surface area contributed by atoms with Gasteiger partial charge in [-0.15, -0.1) is 0 Å². The van der Waals surface area contributed by atoms with Crippen molar-refractivity contribution >= 4 is 0 Å². The van der Waals surface area contributed by atoms with Crippen molar-refractivity contribution in [3.8, 4) is 0 Å². The fraction of sp³-hybridized carbons (Fsp3) is 0.857. The molecule has 20 heavy (non-hydrogen) atoms. The van der Waals surface area contributed by atoms with E-state index in [0.717, 1.165) is 31.9 Å². The van der Waals surface area contributed by atoms with Crippen molar-refractivity contribution in [3.05, 3.63) is 11.7 Å². The molecule has 0 amide bonds. The minimum absolute atomic E-state index is 0.329. The molecule has 2 fully saturated rings. The summed E-state index contributed by atoms with van der Waals surface area (Å²) in [5.41, 5.74) is 0. The Labute approximate surface area is 120 Å². The Kier molecular flexibility index (Phi) is 4.33. The normalized spacial score (nSPS) is 28.5. The molecule has 2 aliphatic rings. The molecule has 1 aromatic heterocycles. The van der Waals surface area contributed by atoms with E-state index in [1.807, 2.05) is 6.92 Å². The van der Waals surface area contributed by atoms with Crippen molar-refractivity contribution in [2.24, 2.45) is 0 Å². The van der Waals surface area contributed by atoms with Crippen molar-refractivity contribution in [2.75, 3.05) is 33.3 Å². The number of methoxy groups -OCH3 is 1. The fourth-order valence-corrected chi connectivity index (χ4v) is 3.34. The summed E-state index contributed by atoms with van der Waals surface area (Å²) >= 11 is 0. The molecular formula is C14H24N4O2. The van der Waals surface area contributed by atoms with Crippen molar-refractivity contribution in [1.82, 2.24) is 19.9 Å². The van der Waals surface area contributed by atoms with E-state index < -0.39 is 0 Å². The molecule has 0 aliphatic carbocycles. The Balaban J connectivity index is 1.62. The number of hydrogen-bond acceptors (Lipinski definition) is 6. The fourth-order valence-electron chi connectivity index (χ4n) is 3.34. The first-order valence-corrected chi connectivity index (χ1v) is 7.53. The van der Waals surface area contributed by atoms with Gasteiger partial charge in [0, 0.05) is 33.2 Å². The van der Waals surface area contributed by atoms with Crippen LogP contribution in [0.5, 0.6) is 0 Å². The molecule has 0 spiro atoms. The van der Waals surface area contributed by atoms with Crippen LogP contribution in [0.2, 0.25) is 0 Å². The highest BCUT2D eigenvalue weighted by Gasteiger charge is 2.34. The summed E-state index contributed by atoms with van der Waals surface area (Å²) in [6.45, 7) is 7.17. The molecule has 112 valence electrons. The zero-order valence-electron chi connectivity index (χ0n) is 12.4. The quantitative estimate of drug-likeness (QED) is 0.804. The maximum absolute atomic E-state index is 5.55. The highest BCUT2D eigenvalue weighted by atomic mass is 16.5. The second-order valence-corrected chi connectivity index (χ2v) is 5.91. The third kappa shape index (κ3) is 3.19. The Bertz CT molecular complexity index is 431. The van der Waals surface area contributed by atoms with Gasteiger partial charge >= 0.3 is 0 Å². The SMILES string of the molecule is CO[C@H]1C[C@@H](CN2CCCC2)N(Cc2noc(C)n2)C1. The lowest BCUT2D eigenvalue weighted by Gasteiger charge is -2.27. The van der Waals surface area contributed by atoms with Gasteiger partial charge in [-0.2, -0.15) is 4.98 Å². The smallest absolute Gasteiger partial charge is 0.223 e. The van der Waals surface area contributed by atoms with Crippen molar-refractivity contribution in [3.63, 3.8) is 0 Å². The lowest BCUT2D eigenvalue weighted by molar-refractivity contribution is 0.106. The third-order valence-electron chi connectivity index (χ3n) is 4.40. The van der Waals surface area contributed by atoms with E-state index in [2.05, 4.69) is 19.9 Å². The largest absolute Gasteiger partial charge is 0.380 e. The van der Waals surface area contributed by atoms with Crippen molar-refractivity contribution in [2.45, 2.75) is 44.9 Å². The Morgan fingerprint density at radius 3 is 2.80 bits per heavy atom. The maximum Gasteiger partial charge on any atom is 0.223 e. The van der Waals surface area contributed by atoms with E-state index in [4.69, 9.17) is 9.26 Å². The summed E-state index contributed by atoms with van der Waals surface area (Å²) in [5, 5.41) is 4.01. The van der Waals surface area contributed by atoms with Gasteiger partial charge in [-0.25, -0.2) is 0 Å². The van der Waals surface area contributed by atoms with Crippen molar-refractivity contribution in [1.29, 1.82) is 0 Å². The summed E-state index contributed by atoms with van der Waals surface area (Å²) in [4.78, 5) is 9.33. The van der Waals surface area contributed by atoms with Gasteiger partial charge < -0.3 is 14.2 Å². The van der Waals surface area contributed by atoms with Gasteiger partial charge in [0.05, 0.1) is 12.6 Å². The predicted octanol–water partition coefficient (Wildman–Crippen LogP) is 1.06. The number of hydrogen-bond donors (Lipinski definition) is 0. The van der Waals surface area contributed by atoms with Crippen LogP contribution in [-0.4, -0.2) is 65.4 Å². The molecule has 0 bridgehead atoms. The predicted molar refractivity (Wildman–Crippen MR) is 74.3 cm³/mol. The van der Waals surface area contributed by atoms with E-state index in [9.17, 15) is 0 Å². The lowest BCUT2D eigenvalue weighted by atomic mass is 10.2.